The van der Waals surface area contributed by atoms with Crippen molar-refractivity contribution in [1.29, 1.82) is 0 Å². The summed E-state index contributed by atoms with van der Waals surface area (Å²) < 4.78 is 0. The summed E-state index contributed by atoms with van der Waals surface area (Å²) in [6, 6.07) is 0. The maximum absolute atomic E-state index is 0. The Hall–Kier alpha value is 1.28. The molecule has 6 heavy (non-hydrogen) atoms. The molecule has 0 saturated carbocycles. The topological polar surface area (TPSA) is 120 Å². The second kappa shape index (κ2) is 107. The van der Waals surface area contributed by atoms with Gasteiger partial charge in [-0.2, -0.15) is 0 Å². The molecule has 4 nitrogen and oxygen atoms in total. The van der Waals surface area contributed by atoms with Gasteiger partial charge in [0.1, 0.15) is 0 Å². The van der Waals surface area contributed by atoms with Gasteiger partial charge in [0.25, 0.3) is 0 Å². The Morgan fingerprint density at radius 2 is 0.500 bits per heavy atom. The van der Waals surface area contributed by atoms with Crippen LogP contribution >= 0.6 is 0 Å². The Balaban J connectivity index is 0. The molecule has 0 bridgehead atoms. The predicted molar refractivity (Wildman–Crippen MR) is 7.74 cm³/mol. The summed E-state index contributed by atoms with van der Waals surface area (Å²) in [7, 11) is 0. The average Bonchev–Trinajstić information content (AvgIpc) is 0. The fourth-order valence-corrected chi connectivity index (χ4v) is 0. The minimum absolute atomic E-state index is 0. The SMILES string of the molecule is [Cd+2].[Fe+2].[OH-].[OH-].[OH-].[OH-]. The molecule has 0 saturated heterocycles. The molecule has 0 aliphatic rings. The minimum Gasteiger partial charge on any atom is -0.870 e. The van der Waals surface area contributed by atoms with Crippen LogP contribution < -0.4 is 0 Å². The molecule has 0 rings (SSSR count). The molecule has 6 heteroatoms. The molecule has 0 fully saturated rings. The van der Waals surface area contributed by atoms with Gasteiger partial charge < -0.3 is 21.9 Å². The van der Waals surface area contributed by atoms with Gasteiger partial charge in [-0.15, -0.1) is 0 Å². The first-order valence-electron chi connectivity index (χ1n) is 0. The molecule has 0 aromatic heterocycles. The second-order valence-corrected chi connectivity index (χ2v) is 0. The third kappa shape index (κ3) is 59.0. The first-order chi connectivity index (χ1) is 0. The van der Waals surface area contributed by atoms with Gasteiger partial charge in [0, 0.05) is 0 Å². The van der Waals surface area contributed by atoms with Crippen LogP contribution in [0.1, 0.15) is 0 Å². The van der Waals surface area contributed by atoms with E-state index in [1.807, 2.05) is 0 Å². The van der Waals surface area contributed by atoms with Gasteiger partial charge in [0.05, 0.1) is 0 Å². The molecule has 0 aliphatic heterocycles. The van der Waals surface area contributed by atoms with Crippen LogP contribution in [0.25, 0.3) is 0 Å². The van der Waals surface area contributed by atoms with Crippen molar-refractivity contribution in [3.63, 3.8) is 0 Å². The van der Waals surface area contributed by atoms with Crippen LogP contribution in [0.4, 0.5) is 0 Å². The zero-order chi connectivity index (χ0) is 0. The van der Waals surface area contributed by atoms with Gasteiger partial charge in [-0.1, -0.05) is 0 Å². The molecule has 4 N–H and O–H groups in total. The summed E-state index contributed by atoms with van der Waals surface area (Å²) in [6.45, 7) is 0. The maximum atomic E-state index is 0. The molecule has 0 aromatic rings. The Labute approximate surface area is 66.2 Å². The van der Waals surface area contributed by atoms with Crippen LogP contribution in [-0.2, 0) is 44.4 Å². The van der Waals surface area contributed by atoms with Crippen LogP contribution in [0, 0.1) is 0 Å². The number of hydrogen-bond donors (Lipinski definition) is 0. The van der Waals surface area contributed by atoms with Crippen molar-refractivity contribution >= 4 is 0 Å². The first-order valence-corrected chi connectivity index (χ1v) is 0. The molecule has 0 aromatic carbocycles. The van der Waals surface area contributed by atoms with Crippen molar-refractivity contribution < 1.29 is 66.3 Å². The van der Waals surface area contributed by atoms with E-state index < -0.39 is 0 Å². The third-order valence-electron chi connectivity index (χ3n) is 0. The normalized spacial score (nSPS) is 0. The van der Waals surface area contributed by atoms with Gasteiger partial charge in [-0.25, -0.2) is 0 Å². The van der Waals surface area contributed by atoms with E-state index in [0.717, 1.165) is 0 Å². The van der Waals surface area contributed by atoms with Gasteiger partial charge in [-0.05, 0) is 0 Å². The van der Waals surface area contributed by atoms with Crippen LogP contribution in [0.5, 0.6) is 0 Å². The van der Waals surface area contributed by atoms with E-state index in [2.05, 4.69) is 0 Å². The summed E-state index contributed by atoms with van der Waals surface area (Å²) >= 11 is 0. The van der Waals surface area contributed by atoms with Crippen molar-refractivity contribution in [3.8, 4) is 0 Å². The second-order valence-electron chi connectivity index (χ2n) is 0. The standard InChI is InChI=1S/Cd.Fe.4H2O/h;;4*1H2/q2*+2;;;;/p-4. The Kier molecular flexibility index (Phi) is 3110. The van der Waals surface area contributed by atoms with Gasteiger partial charge in [0.15, 0.2) is 0 Å². The Morgan fingerprint density at radius 3 is 0.500 bits per heavy atom. The van der Waals surface area contributed by atoms with Crippen LogP contribution in [0.3, 0.4) is 0 Å². The summed E-state index contributed by atoms with van der Waals surface area (Å²) in [5, 5.41) is 0. The predicted octanol–water partition coefficient (Wildman–Crippen LogP) is -0.712. The fraction of sp³-hybridized carbons (Fsp3) is 0. The monoisotopic (exact) mass is 238 g/mol. The molecule has 0 amide bonds. The van der Waals surface area contributed by atoms with Crippen molar-refractivity contribution in [3.05, 3.63) is 0 Å². The van der Waals surface area contributed by atoms with Crippen molar-refractivity contribution in [2.24, 2.45) is 0 Å². The largest absolute Gasteiger partial charge is 2.00 e. The van der Waals surface area contributed by atoms with E-state index in [4.69, 9.17) is 0 Å². The van der Waals surface area contributed by atoms with E-state index in [1.165, 1.54) is 0 Å². The maximum Gasteiger partial charge on any atom is 2.00 e. The van der Waals surface area contributed by atoms with Gasteiger partial charge in [0.2, 0.25) is 0 Å². The van der Waals surface area contributed by atoms with Crippen molar-refractivity contribution in [2.45, 2.75) is 0 Å². The number of rotatable bonds is 0. The quantitative estimate of drug-likeness (QED) is 0.515. The van der Waals surface area contributed by atoms with Crippen molar-refractivity contribution in [1.82, 2.24) is 0 Å². The average molecular weight is 236 g/mol. The molecule has 38 valence electrons. The summed E-state index contributed by atoms with van der Waals surface area (Å²) in [6.07, 6.45) is 0. The smallest absolute Gasteiger partial charge is 0.870 e. The van der Waals surface area contributed by atoms with Crippen molar-refractivity contribution in [2.75, 3.05) is 0 Å². The van der Waals surface area contributed by atoms with E-state index in [-0.39, 0.29) is 66.3 Å². The molecule has 0 unspecified atom stereocenters. The Morgan fingerprint density at radius 1 is 0.500 bits per heavy atom. The fourth-order valence-electron chi connectivity index (χ4n) is 0. The molecule has 0 heterocycles. The Bertz CT molecular complexity index is 7.51. The van der Waals surface area contributed by atoms with Crippen LogP contribution in [-0.4, -0.2) is 21.9 Å². The first kappa shape index (κ1) is 175. The molecule has 0 radical (unpaired) electrons. The van der Waals surface area contributed by atoms with Crippen LogP contribution in [0.15, 0.2) is 0 Å². The number of hydrogen-bond acceptors (Lipinski definition) is 4. The molecular weight excluding hydrogens is 232 g/mol. The van der Waals surface area contributed by atoms with Gasteiger partial charge in [-0.3, -0.25) is 0 Å². The molecule has 0 spiro atoms. The summed E-state index contributed by atoms with van der Waals surface area (Å²) in [4.78, 5) is 0. The summed E-state index contributed by atoms with van der Waals surface area (Å²) in [5.41, 5.74) is 0. The van der Waals surface area contributed by atoms with E-state index in [1.54, 1.807) is 0 Å². The molecule has 0 atom stereocenters. The zero-order valence-electron chi connectivity index (χ0n) is 2.85. The zero-order valence-corrected chi connectivity index (χ0v) is 7.99. The van der Waals surface area contributed by atoms with E-state index >= 15 is 0 Å². The van der Waals surface area contributed by atoms with Gasteiger partial charge >= 0.3 is 44.4 Å². The molecular formula is H4CdFeO4. The van der Waals surface area contributed by atoms with E-state index in [0.29, 0.717) is 0 Å². The minimum atomic E-state index is 0. The van der Waals surface area contributed by atoms with Crippen LogP contribution in [0.2, 0.25) is 0 Å². The third-order valence-corrected chi connectivity index (χ3v) is 0. The van der Waals surface area contributed by atoms with E-state index in [9.17, 15) is 0 Å². The molecule has 0 aliphatic carbocycles. The summed E-state index contributed by atoms with van der Waals surface area (Å²) in [5.74, 6) is 0.